The predicted octanol–water partition coefficient (Wildman–Crippen LogP) is 4.23. The zero-order chi connectivity index (χ0) is 17.5. The molecule has 3 aromatic rings. The van der Waals surface area contributed by atoms with E-state index in [0.717, 1.165) is 5.69 Å². The summed E-state index contributed by atoms with van der Waals surface area (Å²) in [6, 6.07) is 17.8. The Morgan fingerprint density at radius 2 is 1.80 bits per heavy atom. The van der Waals surface area contributed by atoms with Gasteiger partial charge in [-0.15, -0.1) is 0 Å². The van der Waals surface area contributed by atoms with E-state index in [4.69, 9.17) is 9.47 Å². The Morgan fingerprint density at radius 1 is 1.00 bits per heavy atom. The molecule has 0 bridgehead atoms. The van der Waals surface area contributed by atoms with Gasteiger partial charge in [0, 0.05) is 12.3 Å². The van der Waals surface area contributed by atoms with Crippen molar-refractivity contribution in [2.75, 3.05) is 5.32 Å². The standard InChI is InChI=1S/C19H17N3O3/c1-14(17-9-5-6-12-20-17)24-18-11-10-15(13-21-18)22-19(23)25-16-7-3-2-4-8-16/h2-14H,1H3,(H,22,23). The molecule has 0 aliphatic carbocycles. The van der Waals surface area contributed by atoms with Gasteiger partial charge in [0.1, 0.15) is 11.9 Å². The van der Waals surface area contributed by atoms with E-state index in [9.17, 15) is 4.79 Å². The first-order valence-corrected chi connectivity index (χ1v) is 7.78. The molecule has 1 atom stereocenters. The average Bonchev–Trinajstić information content (AvgIpc) is 2.65. The molecule has 0 saturated heterocycles. The van der Waals surface area contributed by atoms with Crippen LogP contribution in [0.25, 0.3) is 0 Å². The van der Waals surface area contributed by atoms with Crippen LogP contribution in [0.4, 0.5) is 10.5 Å². The minimum absolute atomic E-state index is 0.226. The fourth-order valence-corrected chi connectivity index (χ4v) is 2.12. The number of amides is 1. The van der Waals surface area contributed by atoms with Gasteiger partial charge in [0.25, 0.3) is 0 Å². The van der Waals surface area contributed by atoms with Crippen LogP contribution in [0.15, 0.2) is 73.1 Å². The lowest BCUT2D eigenvalue weighted by Gasteiger charge is -2.13. The van der Waals surface area contributed by atoms with Crippen molar-refractivity contribution in [2.45, 2.75) is 13.0 Å². The van der Waals surface area contributed by atoms with E-state index >= 15 is 0 Å². The van der Waals surface area contributed by atoms with Crippen LogP contribution in [-0.4, -0.2) is 16.1 Å². The molecule has 0 aliphatic heterocycles. The van der Waals surface area contributed by atoms with E-state index in [0.29, 0.717) is 17.3 Å². The molecule has 1 aromatic carbocycles. The minimum atomic E-state index is -0.580. The number of anilines is 1. The molecule has 2 aromatic heterocycles. The fraction of sp³-hybridized carbons (Fsp3) is 0.105. The van der Waals surface area contributed by atoms with Gasteiger partial charge in [-0.2, -0.15) is 0 Å². The number of ether oxygens (including phenoxy) is 2. The van der Waals surface area contributed by atoms with Crippen molar-refractivity contribution < 1.29 is 14.3 Å². The molecule has 1 N–H and O–H groups in total. The van der Waals surface area contributed by atoms with Crippen molar-refractivity contribution >= 4 is 11.8 Å². The highest BCUT2D eigenvalue weighted by atomic mass is 16.6. The van der Waals surface area contributed by atoms with Crippen molar-refractivity contribution in [2.24, 2.45) is 0 Å². The largest absolute Gasteiger partial charge is 0.468 e. The Hall–Kier alpha value is -3.41. The van der Waals surface area contributed by atoms with Gasteiger partial charge >= 0.3 is 6.09 Å². The summed E-state index contributed by atoms with van der Waals surface area (Å²) >= 11 is 0. The third-order valence-electron chi connectivity index (χ3n) is 3.34. The van der Waals surface area contributed by atoms with Crippen molar-refractivity contribution in [1.29, 1.82) is 0 Å². The van der Waals surface area contributed by atoms with Crippen LogP contribution < -0.4 is 14.8 Å². The van der Waals surface area contributed by atoms with E-state index in [-0.39, 0.29) is 6.10 Å². The van der Waals surface area contributed by atoms with Gasteiger partial charge in [-0.05, 0) is 37.3 Å². The smallest absolute Gasteiger partial charge is 0.417 e. The first-order valence-electron chi connectivity index (χ1n) is 7.78. The maximum Gasteiger partial charge on any atom is 0.417 e. The highest BCUT2D eigenvalue weighted by molar-refractivity contribution is 5.86. The Balaban J connectivity index is 1.56. The van der Waals surface area contributed by atoms with E-state index in [1.807, 2.05) is 31.2 Å². The number of benzene rings is 1. The number of carbonyl (C=O) groups excluding carboxylic acids is 1. The minimum Gasteiger partial charge on any atom is -0.468 e. The second-order valence-electron chi connectivity index (χ2n) is 5.23. The fourth-order valence-electron chi connectivity index (χ4n) is 2.12. The monoisotopic (exact) mass is 335 g/mol. The third-order valence-corrected chi connectivity index (χ3v) is 3.34. The number of nitrogens with one attached hydrogen (secondary N) is 1. The molecule has 0 radical (unpaired) electrons. The molecule has 25 heavy (non-hydrogen) atoms. The summed E-state index contributed by atoms with van der Waals surface area (Å²) in [6.07, 6.45) is 2.42. The van der Waals surface area contributed by atoms with Crippen LogP contribution in [0.5, 0.6) is 11.6 Å². The van der Waals surface area contributed by atoms with Crippen LogP contribution >= 0.6 is 0 Å². The van der Waals surface area contributed by atoms with Gasteiger partial charge < -0.3 is 9.47 Å². The summed E-state index contributed by atoms with van der Waals surface area (Å²) in [7, 11) is 0. The summed E-state index contributed by atoms with van der Waals surface area (Å²) < 4.78 is 10.9. The number of aromatic nitrogens is 2. The molecule has 126 valence electrons. The van der Waals surface area contributed by atoms with Crippen LogP contribution in [0, 0.1) is 0 Å². The number of rotatable bonds is 5. The van der Waals surface area contributed by atoms with Crippen LogP contribution in [0.1, 0.15) is 18.7 Å². The SMILES string of the molecule is CC(Oc1ccc(NC(=O)Oc2ccccc2)cn1)c1ccccn1. The predicted molar refractivity (Wildman–Crippen MR) is 93.6 cm³/mol. The van der Waals surface area contributed by atoms with Crippen LogP contribution in [0.3, 0.4) is 0 Å². The summed E-state index contributed by atoms with van der Waals surface area (Å²) in [5.74, 6) is 0.914. The Labute approximate surface area is 145 Å². The summed E-state index contributed by atoms with van der Waals surface area (Å²) in [6.45, 7) is 1.90. The highest BCUT2D eigenvalue weighted by Crippen LogP contribution is 2.19. The molecule has 0 fully saturated rings. The maximum absolute atomic E-state index is 11.8. The lowest BCUT2D eigenvalue weighted by Crippen LogP contribution is -2.16. The van der Waals surface area contributed by atoms with Crippen LogP contribution in [0.2, 0.25) is 0 Å². The second-order valence-corrected chi connectivity index (χ2v) is 5.23. The molecule has 6 heteroatoms. The molecule has 0 saturated carbocycles. The van der Waals surface area contributed by atoms with E-state index in [2.05, 4.69) is 15.3 Å². The van der Waals surface area contributed by atoms with Gasteiger partial charge in [0.15, 0.2) is 0 Å². The van der Waals surface area contributed by atoms with Gasteiger partial charge in [-0.1, -0.05) is 24.3 Å². The third kappa shape index (κ3) is 4.78. The first kappa shape index (κ1) is 16.4. The molecular formula is C19H17N3O3. The lowest BCUT2D eigenvalue weighted by molar-refractivity contribution is 0.212. The number of para-hydroxylation sites is 1. The highest BCUT2D eigenvalue weighted by Gasteiger charge is 2.10. The van der Waals surface area contributed by atoms with E-state index in [1.165, 1.54) is 6.20 Å². The molecule has 1 amide bonds. The molecule has 3 rings (SSSR count). The van der Waals surface area contributed by atoms with Gasteiger partial charge in [0.05, 0.1) is 17.6 Å². The Bertz CT molecular complexity index is 808. The van der Waals surface area contributed by atoms with Gasteiger partial charge in [-0.25, -0.2) is 9.78 Å². The topological polar surface area (TPSA) is 73.3 Å². The van der Waals surface area contributed by atoms with E-state index < -0.39 is 6.09 Å². The molecule has 2 heterocycles. The second kappa shape index (κ2) is 7.92. The number of hydrogen-bond donors (Lipinski definition) is 1. The number of carbonyl (C=O) groups is 1. The molecule has 0 spiro atoms. The average molecular weight is 335 g/mol. The first-order chi connectivity index (χ1) is 12.2. The summed E-state index contributed by atoms with van der Waals surface area (Å²) in [4.78, 5) is 20.3. The number of pyridine rings is 2. The normalized spacial score (nSPS) is 11.4. The number of nitrogens with zero attached hydrogens (tertiary/aromatic N) is 2. The molecule has 0 aliphatic rings. The van der Waals surface area contributed by atoms with E-state index in [1.54, 1.807) is 42.6 Å². The van der Waals surface area contributed by atoms with Crippen LogP contribution in [-0.2, 0) is 0 Å². The summed E-state index contributed by atoms with van der Waals surface area (Å²) in [5.41, 5.74) is 1.33. The maximum atomic E-state index is 11.8. The zero-order valence-corrected chi connectivity index (χ0v) is 13.6. The van der Waals surface area contributed by atoms with Crippen molar-refractivity contribution in [3.8, 4) is 11.6 Å². The van der Waals surface area contributed by atoms with Crippen molar-refractivity contribution in [3.63, 3.8) is 0 Å². The quantitative estimate of drug-likeness (QED) is 0.755. The van der Waals surface area contributed by atoms with Gasteiger partial charge in [0.2, 0.25) is 5.88 Å². The Kier molecular flexibility index (Phi) is 5.21. The zero-order valence-electron chi connectivity index (χ0n) is 13.6. The van der Waals surface area contributed by atoms with Gasteiger partial charge in [-0.3, -0.25) is 10.3 Å². The molecule has 1 unspecified atom stereocenters. The number of hydrogen-bond acceptors (Lipinski definition) is 5. The van der Waals surface area contributed by atoms with Crippen molar-refractivity contribution in [3.05, 3.63) is 78.8 Å². The lowest BCUT2D eigenvalue weighted by atomic mass is 10.2. The molecule has 6 nitrogen and oxygen atoms in total. The molecular weight excluding hydrogens is 318 g/mol. The summed E-state index contributed by atoms with van der Waals surface area (Å²) in [5, 5.41) is 2.61. The Morgan fingerprint density at radius 3 is 2.48 bits per heavy atom. The van der Waals surface area contributed by atoms with Crippen molar-refractivity contribution in [1.82, 2.24) is 9.97 Å².